The number of imide groups is 1. The van der Waals surface area contributed by atoms with Gasteiger partial charge in [-0.1, -0.05) is 19.9 Å². The summed E-state index contributed by atoms with van der Waals surface area (Å²) in [6.07, 6.45) is -0.167. The lowest BCUT2D eigenvalue weighted by Gasteiger charge is -2.22. The highest BCUT2D eigenvalue weighted by molar-refractivity contribution is 5.99. The number of piperidine rings is 1. The Morgan fingerprint density at radius 3 is 2.63 bits per heavy atom. The fraction of sp³-hybridized carbons (Fsp3) is 0.429. The standard InChI is InChI=1S/C12H12FNO3.C2H6.H2/c1-7-2-3-8(6-9(7)13)17-10-4-5-11(15)14-12(10)16;1-2;/h2-3,6,10H,4-5H2,1H3,(H,14,15,16);1-2H3;1H. The van der Waals surface area contributed by atoms with Crippen LogP contribution >= 0.6 is 0 Å². The van der Waals surface area contributed by atoms with Crippen molar-refractivity contribution >= 4 is 11.8 Å². The number of aryl methyl sites for hydroxylation is 1. The van der Waals surface area contributed by atoms with Crippen LogP contribution in [-0.2, 0) is 9.59 Å². The summed E-state index contributed by atoms with van der Waals surface area (Å²) in [6.45, 7) is 5.64. The largest absolute Gasteiger partial charge is 0.480 e. The molecule has 106 valence electrons. The number of carbonyl (C=O) groups is 2. The molecule has 0 saturated carbocycles. The van der Waals surface area contributed by atoms with Crippen LogP contribution in [0.5, 0.6) is 5.75 Å². The summed E-state index contributed by atoms with van der Waals surface area (Å²) in [5, 5.41) is 2.18. The average molecular weight is 269 g/mol. The summed E-state index contributed by atoms with van der Waals surface area (Å²) in [5.74, 6) is -0.857. The molecule has 1 aromatic rings. The predicted molar refractivity (Wildman–Crippen MR) is 71.4 cm³/mol. The number of amides is 2. The zero-order valence-electron chi connectivity index (χ0n) is 11.3. The fourth-order valence-corrected chi connectivity index (χ4v) is 1.60. The van der Waals surface area contributed by atoms with Gasteiger partial charge in [0.05, 0.1) is 0 Å². The first-order chi connectivity index (χ1) is 9.06. The van der Waals surface area contributed by atoms with Gasteiger partial charge in [-0.15, -0.1) is 0 Å². The van der Waals surface area contributed by atoms with Gasteiger partial charge in [-0.25, -0.2) is 4.39 Å². The Kier molecular flexibility index (Phi) is 5.48. The number of ether oxygens (including phenoxy) is 1. The Labute approximate surface area is 113 Å². The third-order valence-corrected chi connectivity index (χ3v) is 2.61. The van der Waals surface area contributed by atoms with E-state index >= 15 is 0 Å². The molecule has 5 heteroatoms. The molecule has 1 saturated heterocycles. The van der Waals surface area contributed by atoms with Crippen molar-refractivity contribution in [1.82, 2.24) is 5.32 Å². The van der Waals surface area contributed by atoms with E-state index in [0.717, 1.165) is 0 Å². The fourth-order valence-electron chi connectivity index (χ4n) is 1.60. The first-order valence-corrected chi connectivity index (χ1v) is 6.33. The van der Waals surface area contributed by atoms with E-state index in [2.05, 4.69) is 5.32 Å². The zero-order chi connectivity index (χ0) is 14.4. The van der Waals surface area contributed by atoms with Gasteiger partial charge in [0.15, 0.2) is 6.10 Å². The van der Waals surface area contributed by atoms with E-state index in [-0.39, 0.29) is 19.6 Å². The third-order valence-electron chi connectivity index (χ3n) is 2.61. The quantitative estimate of drug-likeness (QED) is 0.840. The molecule has 1 aliphatic rings. The van der Waals surface area contributed by atoms with Gasteiger partial charge >= 0.3 is 0 Å². The lowest BCUT2D eigenvalue weighted by atomic mass is 10.1. The first kappa shape index (κ1) is 15.1. The van der Waals surface area contributed by atoms with Crippen molar-refractivity contribution in [3.05, 3.63) is 29.6 Å². The second-order valence-electron chi connectivity index (χ2n) is 3.97. The lowest BCUT2D eigenvalue weighted by molar-refractivity contribution is -0.138. The molecular formula is C14H20FNO3. The molecule has 4 nitrogen and oxygen atoms in total. The minimum absolute atomic E-state index is 0. The maximum atomic E-state index is 13.3. The molecule has 1 unspecified atom stereocenters. The number of halogens is 1. The summed E-state index contributed by atoms with van der Waals surface area (Å²) in [5.41, 5.74) is 0.514. The number of hydrogen-bond donors (Lipinski definition) is 1. The number of benzene rings is 1. The van der Waals surface area contributed by atoms with Crippen LogP contribution in [0.1, 0.15) is 33.7 Å². The van der Waals surface area contributed by atoms with E-state index in [1.807, 2.05) is 13.8 Å². The highest BCUT2D eigenvalue weighted by Gasteiger charge is 2.28. The molecule has 1 atom stereocenters. The Morgan fingerprint density at radius 2 is 2.05 bits per heavy atom. The molecule has 1 N–H and O–H groups in total. The van der Waals surface area contributed by atoms with Crippen molar-refractivity contribution in [3.63, 3.8) is 0 Å². The van der Waals surface area contributed by atoms with Crippen molar-refractivity contribution in [1.29, 1.82) is 0 Å². The molecule has 1 aliphatic heterocycles. The Balaban J connectivity index is 0.00000115. The van der Waals surface area contributed by atoms with Crippen LogP contribution in [0.25, 0.3) is 0 Å². The molecule has 0 bridgehead atoms. The van der Waals surface area contributed by atoms with Crippen LogP contribution in [0.4, 0.5) is 4.39 Å². The van der Waals surface area contributed by atoms with E-state index in [1.165, 1.54) is 6.07 Å². The predicted octanol–water partition coefficient (Wildman–Crippen LogP) is 2.59. The van der Waals surface area contributed by atoms with E-state index in [4.69, 9.17) is 4.74 Å². The van der Waals surface area contributed by atoms with E-state index in [1.54, 1.807) is 19.1 Å². The molecule has 0 radical (unpaired) electrons. The van der Waals surface area contributed by atoms with Gasteiger partial charge < -0.3 is 4.74 Å². The van der Waals surface area contributed by atoms with Gasteiger partial charge in [-0.2, -0.15) is 0 Å². The van der Waals surface area contributed by atoms with Crippen molar-refractivity contribution in [2.75, 3.05) is 0 Å². The number of hydrogen-bond acceptors (Lipinski definition) is 3. The monoisotopic (exact) mass is 269 g/mol. The van der Waals surface area contributed by atoms with Crippen molar-refractivity contribution in [2.24, 2.45) is 0 Å². The Hall–Kier alpha value is -1.91. The molecule has 0 aliphatic carbocycles. The van der Waals surface area contributed by atoms with Gasteiger partial charge in [-0.3, -0.25) is 14.9 Å². The molecule has 0 spiro atoms. The van der Waals surface area contributed by atoms with Crippen molar-refractivity contribution < 1.29 is 20.1 Å². The van der Waals surface area contributed by atoms with Crippen molar-refractivity contribution in [3.8, 4) is 5.75 Å². The zero-order valence-corrected chi connectivity index (χ0v) is 11.3. The normalized spacial score (nSPS) is 18.2. The molecule has 1 fully saturated rings. The minimum Gasteiger partial charge on any atom is -0.480 e. The van der Waals surface area contributed by atoms with Crippen LogP contribution in [0.15, 0.2) is 18.2 Å². The maximum Gasteiger partial charge on any atom is 0.267 e. The second-order valence-corrected chi connectivity index (χ2v) is 3.97. The van der Waals surface area contributed by atoms with Gasteiger partial charge in [-0.05, 0) is 18.6 Å². The van der Waals surface area contributed by atoms with Crippen LogP contribution in [0.3, 0.4) is 0 Å². The highest BCUT2D eigenvalue weighted by Crippen LogP contribution is 2.19. The molecule has 2 rings (SSSR count). The van der Waals surface area contributed by atoms with Gasteiger partial charge in [0, 0.05) is 20.3 Å². The smallest absolute Gasteiger partial charge is 0.267 e. The average Bonchev–Trinajstić information content (AvgIpc) is 2.39. The summed E-state index contributed by atoms with van der Waals surface area (Å²) >= 11 is 0. The SMILES string of the molecule is CC.Cc1ccc(OC2CCC(=O)NC2=O)cc1F.[HH]. The summed E-state index contributed by atoms with van der Waals surface area (Å²) in [7, 11) is 0. The summed E-state index contributed by atoms with van der Waals surface area (Å²) < 4.78 is 18.6. The molecule has 2 amide bonds. The van der Waals surface area contributed by atoms with Gasteiger partial charge in [0.25, 0.3) is 5.91 Å². The number of carbonyl (C=O) groups excluding carboxylic acids is 2. The van der Waals surface area contributed by atoms with Crippen LogP contribution < -0.4 is 10.1 Å². The number of nitrogens with one attached hydrogen (secondary N) is 1. The number of rotatable bonds is 2. The van der Waals surface area contributed by atoms with Crippen LogP contribution in [0.2, 0.25) is 0 Å². The Morgan fingerprint density at radius 1 is 1.37 bits per heavy atom. The van der Waals surface area contributed by atoms with Crippen molar-refractivity contribution in [2.45, 2.75) is 39.7 Å². The maximum absolute atomic E-state index is 13.3. The van der Waals surface area contributed by atoms with Gasteiger partial charge in [0.2, 0.25) is 5.91 Å². The summed E-state index contributed by atoms with van der Waals surface area (Å²) in [4.78, 5) is 22.3. The molecule has 1 aromatic carbocycles. The topological polar surface area (TPSA) is 55.4 Å². The first-order valence-electron chi connectivity index (χ1n) is 6.33. The third kappa shape index (κ3) is 4.05. The second kappa shape index (κ2) is 6.87. The van der Waals surface area contributed by atoms with Crippen LogP contribution in [-0.4, -0.2) is 17.9 Å². The van der Waals surface area contributed by atoms with E-state index < -0.39 is 12.0 Å². The van der Waals surface area contributed by atoms with Crippen LogP contribution in [0, 0.1) is 12.7 Å². The van der Waals surface area contributed by atoms with E-state index in [0.29, 0.717) is 17.7 Å². The lowest BCUT2D eigenvalue weighted by Crippen LogP contribution is -2.46. The van der Waals surface area contributed by atoms with E-state index in [9.17, 15) is 14.0 Å². The minimum atomic E-state index is -0.727. The molecule has 1 heterocycles. The molecule has 0 aromatic heterocycles. The highest BCUT2D eigenvalue weighted by atomic mass is 19.1. The Bertz CT molecular complexity index is 479. The summed E-state index contributed by atoms with van der Waals surface area (Å²) in [6, 6.07) is 4.41. The molecular weight excluding hydrogens is 249 g/mol. The van der Waals surface area contributed by atoms with Gasteiger partial charge in [0.1, 0.15) is 11.6 Å². The molecule has 19 heavy (non-hydrogen) atoms.